The highest BCUT2D eigenvalue weighted by molar-refractivity contribution is 7.89. The van der Waals surface area contributed by atoms with Crippen molar-refractivity contribution in [3.63, 3.8) is 0 Å². The number of aryl methyl sites for hydroxylation is 2. The molecule has 0 heterocycles. The molecule has 0 aliphatic carbocycles. The zero-order valence-electron chi connectivity index (χ0n) is 19.6. The third kappa shape index (κ3) is 6.77. The summed E-state index contributed by atoms with van der Waals surface area (Å²) in [5, 5.41) is 0. The summed E-state index contributed by atoms with van der Waals surface area (Å²) in [7, 11) is 0.925. The Labute approximate surface area is 195 Å². The average Bonchev–Trinajstić information content (AvgIpc) is 2.75. The SMILES string of the molecule is COc1cc(C)c(S(=O)(=O)N(C)CCOCC(=O)N(C)Cc2ccc(C(N)=O)cc2)c(C)c1. The Hall–Kier alpha value is -2.95. The molecule has 0 saturated heterocycles. The summed E-state index contributed by atoms with van der Waals surface area (Å²) in [5.41, 5.74) is 7.66. The molecule has 0 fully saturated rings. The number of hydrogen-bond acceptors (Lipinski definition) is 6. The standard InChI is InChI=1S/C23H31N3O6S/c1-16-12-20(31-5)13-17(2)22(16)33(29,30)26(4)10-11-32-15-21(27)25(3)14-18-6-8-19(9-7-18)23(24)28/h6-9,12-13H,10-11,14-15H2,1-5H3,(H2,24,28). The van der Waals surface area contributed by atoms with E-state index in [9.17, 15) is 18.0 Å². The molecule has 2 aromatic rings. The van der Waals surface area contributed by atoms with E-state index in [2.05, 4.69) is 0 Å². The van der Waals surface area contributed by atoms with Gasteiger partial charge in [0, 0.05) is 32.7 Å². The first-order chi connectivity index (χ1) is 15.5. The first-order valence-electron chi connectivity index (χ1n) is 10.3. The first kappa shape index (κ1) is 26.3. The Balaban J connectivity index is 1.87. The molecule has 10 heteroatoms. The second-order valence-corrected chi connectivity index (χ2v) is 9.76. The third-order valence-electron chi connectivity index (χ3n) is 5.20. The van der Waals surface area contributed by atoms with Crippen LogP contribution in [0.3, 0.4) is 0 Å². The van der Waals surface area contributed by atoms with Crippen LogP contribution in [0, 0.1) is 13.8 Å². The molecule has 0 aliphatic rings. The van der Waals surface area contributed by atoms with Gasteiger partial charge >= 0.3 is 0 Å². The van der Waals surface area contributed by atoms with Gasteiger partial charge in [-0.1, -0.05) is 12.1 Å². The number of benzene rings is 2. The molecule has 0 unspecified atom stereocenters. The molecule has 0 bridgehead atoms. The molecular formula is C23H31N3O6S. The molecule has 0 aliphatic heterocycles. The molecule has 2 N–H and O–H groups in total. The van der Waals surface area contributed by atoms with Crippen LogP contribution < -0.4 is 10.5 Å². The zero-order valence-corrected chi connectivity index (χ0v) is 20.4. The normalized spacial score (nSPS) is 11.5. The van der Waals surface area contributed by atoms with E-state index in [1.807, 2.05) is 0 Å². The van der Waals surface area contributed by atoms with Gasteiger partial charge in [-0.05, 0) is 54.8 Å². The first-order valence-corrected chi connectivity index (χ1v) is 11.7. The third-order valence-corrected chi connectivity index (χ3v) is 7.36. The van der Waals surface area contributed by atoms with Gasteiger partial charge in [-0.15, -0.1) is 0 Å². The number of ether oxygens (including phenoxy) is 2. The Morgan fingerprint density at radius 3 is 2.12 bits per heavy atom. The van der Waals surface area contributed by atoms with E-state index in [0.717, 1.165) is 5.56 Å². The number of amides is 2. The van der Waals surface area contributed by atoms with Crippen molar-refractivity contribution in [3.8, 4) is 5.75 Å². The Morgan fingerprint density at radius 1 is 1.03 bits per heavy atom. The molecule has 9 nitrogen and oxygen atoms in total. The molecule has 0 atom stereocenters. The molecule has 0 spiro atoms. The summed E-state index contributed by atoms with van der Waals surface area (Å²) >= 11 is 0. The van der Waals surface area contributed by atoms with Gasteiger partial charge in [0.1, 0.15) is 12.4 Å². The molecular weight excluding hydrogens is 446 g/mol. The fourth-order valence-electron chi connectivity index (χ4n) is 3.31. The quantitative estimate of drug-likeness (QED) is 0.492. The smallest absolute Gasteiger partial charge is 0.248 e. The van der Waals surface area contributed by atoms with E-state index in [4.69, 9.17) is 15.2 Å². The van der Waals surface area contributed by atoms with Gasteiger partial charge in [0.15, 0.2) is 0 Å². The lowest BCUT2D eigenvalue weighted by molar-refractivity contribution is -0.135. The molecule has 2 aromatic carbocycles. The van der Waals surface area contributed by atoms with Gasteiger partial charge in [-0.25, -0.2) is 8.42 Å². The zero-order chi connectivity index (χ0) is 24.8. The summed E-state index contributed by atoms with van der Waals surface area (Å²) in [4.78, 5) is 25.2. The summed E-state index contributed by atoms with van der Waals surface area (Å²) < 4.78 is 37.8. The van der Waals surface area contributed by atoms with Crippen LogP contribution in [-0.4, -0.2) is 70.4 Å². The number of likely N-dealkylation sites (N-methyl/N-ethyl adjacent to an activating group) is 2. The van der Waals surface area contributed by atoms with Crippen LogP contribution in [0.2, 0.25) is 0 Å². The molecule has 33 heavy (non-hydrogen) atoms. The van der Waals surface area contributed by atoms with Crippen molar-refractivity contribution in [1.29, 1.82) is 0 Å². The molecule has 2 rings (SSSR count). The van der Waals surface area contributed by atoms with Crippen molar-refractivity contribution in [3.05, 3.63) is 58.7 Å². The largest absolute Gasteiger partial charge is 0.497 e. The van der Waals surface area contributed by atoms with Crippen molar-refractivity contribution < 1.29 is 27.5 Å². The van der Waals surface area contributed by atoms with Gasteiger partial charge in [0.2, 0.25) is 21.8 Å². The molecule has 2 amide bonds. The van der Waals surface area contributed by atoms with Gasteiger partial charge in [0.25, 0.3) is 0 Å². The van der Waals surface area contributed by atoms with Crippen molar-refractivity contribution in [2.24, 2.45) is 5.73 Å². The van der Waals surface area contributed by atoms with Crippen LogP contribution >= 0.6 is 0 Å². The number of sulfonamides is 1. The van der Waals surface area contributed by atoms with Crippen LogP contribution in [-0.2, 0) is 26.1 Å². The average molecular weight is 478 g/mol. The maximum absolute atomic E-state index is 13.0. The van der Waals surface area contributed by atoms with E-state index in [0.29, 0.717) is 29.0 Å². The molecule has 180 valence electrons. The molecule has 0 saturated carbocycles. The van der Waals surface area contributed by atoms with Crippen molar-refractivity contribution in [2.75, 3.05) is 41.0 Å². The minimum absolute atomic E-state index is 0.0663. The summed E-state index contributed by atoms with van der Waals surface area (Å²) in [6.07, 6.45) is 0. The number of rotatable bonds is 11. The van der Waals surface area contributed by atoms with E-state index >= 15 is 0 Å². The van der Waals surface area contributed by atoms with Crippen molar-refractivity contribution in [1.82, 2.24) is 9.21 Å². The number of nitrogens with two attached hydrogens (primary N) is 1. The monoisotopic (exact) mass is 477 g/mol. The van der Waals surface area contributed by atoms with E-state index < -0.39 is 15.9 Å². The van der Waals surface area contributed by atoms with Gasteiger partial charge in [0.05, 0.1) is 18.6 Å². The Kier molecular flexibility index (Phi) is 8.98. The number of nitrogens with zero attached hydrogens (tertiary/aromatic N) is 2. The predicted octanol–water partition coefficient (Wildman–Crippen LogP) is 1.71. The van der Waals surface area contributed by atoms with Gasteiger partial charge in [-0.2, -0.15) is 4.31 Å². The lowest BCUT2D eigenvalue weighted by Crippen LogP contribution is -2.33. The maximum Gasteiger partial charge on any atom is 0.248 e. The molecule has 0 aromatic heterocycles. The minimum Gasteiger partial charge on any atom is -0.497 e. The van der Waals surface area contributed by atoms with Crippen LogP contribution in [0.5, 0.6) is 5.75 Å². The van der Waals surface area contributed by atoms with Crippen LogP contribution in [0.15, 0.2) is 41.3 Å². The van der Waals surface area contributed by atoms with Crippen LogP contribution in [0.1, 0.15) is 27.0 Å². The van der Waals surface area contributed by atoms with Crippen molar-refractivity contribution >= 4 is 21.8 Å². The van der Waals surface area contributed by atoms with E-state index in [1.165, 1.54) is 23.4 Å². The highest BCUT2D eigenvalue weighted by atomic mass is 32.2. The Morgan fingerprint density at radius 2 is 1.61 bits per heavy atom. The van der Waals surface area contributed by atoms with E-state index in [1.54, 1.807) is 57.3 Å². The van der Waals surface area contributed by atoms with Gasteiger partial charge < -0.3 is 20.1 Å². The number of primary amides is 1. The Bertz CT molecular complexity index is 1080. The summed E-state index contributed by atoms with van der Waals surface area (Å²) in [6, 6.07) is 10.0. The number of methoxy groups -OCH3 is 1. The second kappa shape index (κ2) is 11.3. The maximum atomic E-state index is 13.0. The highest BCUT2D eigenvalue weighted by Gasteiger charge is 2.25. The van der Waals surface area contributed by atoms with E-state index in [-0.39, 0.29) is 30.6 Å². The second-order valence-electron chi connectivity index (χ2n) is 7.78. The summed E-state index contributed by atoms with van der Waals surface area (Å²) in [5.74, 6) is -0.161. The predicted molar refractivity (Wildman–Crippen MR) is 125 cm³/mol. The highest BCUT2D eigenvalue weighted by Crippen LogP contribution is 2.27. The molecule has 0 radical (unpaired) electrons. The van der Waals surface area contributed by atoms with Gasteiger partial charge in [-0.3, -0.25) is 9.59 Å². The number of carbonyl (C=O) groups is 2. The fourth-order valence-corrected chi connectivity index (χ4v) is 4.87. The topological polar surface area (TPSA) is 119 Å². The fraction of sp³-hybridized carbons (Fsp3) is 0.391. The lowest BCUT2D eigenvalue weighted by Gasteiger charge is -2.21. The lowest BCUT2D eigenvalue weighted by atomic mass is 10.1. The number of carbonyl (C=O) groups excluding carboxylic acids is 2. The summed E-state index contributed by atoms with van der Waals surface area (Å²) in [6.45, 7) is 3.77. The number of hydrogen-bond donors (Lipinski definition) is 1. The van der Waals surface area contributed by atoms with Crippen molar-refractivity contribution in [2.45, 2.75) is 25.3 Å². The van der Waals surface area contributed by atoms with Crippen LogP contribution in [0.25, 0.3) is 0 Å². The van der Waals surface area contributed by atoms with Crippen LogP contribution in [0.4, 0.5) is 0 Å². The minimum atomic E-state index is -3.72.